The van der Waals surface area contributed by atoms with Crippen LogP contribution in [0.2, 0.25) is 0 Å². The van der Waals surface area contributed by atoms with Crippen molar-refractivity contribution in [2.45, 2.75) is 12.8 Å². The maximum absolute atomic E-state index is 12.4. The van der Waals surface area contributed by atoms with Crippen molar-refractivity contribution in [2.24, 2.45) is 5.92 Å². The van der Waals surface area contributed by atoms with Crippen molar-refractivity contribution >= 4 is 11.0 Å². The van der Waals surface area contributed by atoms with Crippen LogP contribution in [0.1, 0.15) is 12.8 Å². The van der Waals surface area contributed by atoms with Crippen molar-refractivity contribution in [1.29, 1.82) is 0 Å². The summed E-state index contributed by atoms with van der Waals surface area (Å²) in [4.78, 5) is 14.8. The molecule has 3 aromatic rings. The van der Waals surface area contributed by atoms with E-state index in [4.69, 9.17) is 9.15 Å². The molecule has 1 aliphatic heterocycles. The van der Waals surface area contributed by atoms with Crippen LogP contribution < -0.4 is 10.2 Å². The largest absolute Gasteiger partial charge is 0.492 e. The number of para-hydroxylation sites is 2. The molecule has 0 bridgehead atoms. The lowest BCUT2D eigenvalue weighted by Crippen LogP contribution is -2.34. The molecule has 4 heteroatoms. The number of hydrogen-bond donors (Lipinski definition) is 0. The smallest absolute Gasteiger partial charge is 0.193 e. The molecule has 0 radical (unpaired) electrons. The molecule has 1 saturated heterocycles. The van der Waals surface area contributed by atoms with Crippen LogP contribution in [0.5, 0.6) is 5.75 Å². The Bertz CT molecular complexity index is 963. The van der Waals surface area contributed by atoms with E-state index in [0.29, 0.717) is 29.3 Å². The van der Waals surface area contributed by atoms with E-state index in [-0.39, 0.29) is 5.43 Å². The third-order valence-corrected chi connectivity index (χ3v) is 4.98. The number of benzene rings is 2. The normalized spacial score (nSPS) is 18.1. The van der Waals surface area contributed by atoms with E-state index in [1.54, 1.807) is 12.1 Å². The average Bonchev–Trinajstić information content (AvgIpc) is 2.67. The number of rotatable bonds is 4. The molecule has 1 fully saturated rings. The molecule has 0 spiro atoms. The van der Waals surface area contributed by atoms with E-state index in [1.807, 2.05) is 42.5 Å². The number of nitrogens with zero attached hydrogens (tertiary/aromatic N) is 1. The highest BCUT2D eigenvalue weighted by atomic mass is 16.5. The lowest BCUT2D eigenvalue weighted by atomic mass is 9.99. The molecule has 2 heterocycles. The van der Waals surface area contributed by atoms with Gasteiger partial charge in [-0.2, -0.15) is 0 Å². The second kappa shape index (κ2) is 7.34. The molecule has 0 saturated carbocycles. The molecular formula is C22H23NO3. The van der Waals surface area contributed by atoms with Crippen LogP contribution in [-0.4, -0.2) is 31.6 Å². The van der Waals surface area contributed by atoms with Crippen LogP contribution in [0.3, 0.4) is 0 Å². The van der Waals surface area contributed by atoms with Gasteiger partial charge < -0.3 is 14.1 Å². The van der Waals surface area contributed by atoms with Gasteiger partial charge in [0.05, 0.1) is 17.6 Å². The topological polar surface area (TPSA) is 42.7 Å². The second-order valence-electron chi connectivity index (χ2n) is 7.05. The number of fused-ring (bicyclic) bond motifs is 1. The first-order valence-corrected chi connectivity index (χ1v) is 9.14. The van der Waals surface area contributed by atoms with Gasteiger partial charge in [0.15, 0.2) is 5.43 Å². The van der Waals surface area contributed by atoms with E-state index in [9.17, 15) is 4.79 Å². The van der Waals surface area contributed by atoms with Crippen LogP contribution >= 0.6 is 0 Å². The Kier molecular flexibility index (Phi) is 4.76. The number of piperidine rings is 1. The van der Waals surface area contributed by atoms with Crippen LogP contribution in [0.25, 0.3) is 22.3 Å². The van der Waals surface area contributed by atoms with Crippen molar-refractivity contribution in [3.63, 3.8) is 0 Å². The second-order valence-corrected chi connectivity index (χ2v) is 7.05. The molecule has 0 N–H and O–H groups in total. The molecule has 1 aromatic heterocycles. The van der Waals surface area contributed by atoms with Crippen molar-refractivity contribution in [2.75, 3.05) is 26.7 Å². The summed E-state index contributed by atoms with van der Waals surface area (Å²) in [7, 11) is 2.16. The molecule has 4 rings (SSSR count). The van der Waals surface area contributed by atoms with Crippen molar-refractivity contribution < 1.29 is 9.15 Å². The van der Waals surface area contributed by atoms with E-state index in [0.717, 1.165) is 24.4 Å². The minimum absolute atomic E-state index is 0.0365. The summed E-state index contributed by atoms with van der Waals surface area (Å²) in [5, 5.41) is 0.597. The monoisotopic (exact) mass is 349 g/mol. The van der Waals surface area contributed by atoms with Gasteiger partial charge in [0.25, 0.3) is 0 Å². The predicted octanol–water partition coefficient (Wildman–Crippen LogP) is 4.18. The summed E-state index contributed by atoms with van der Waals surface area (Å²) >= 11 is 0. The Morgan fingerprint density at radius 2 is 1.96 bits per heavy atom. The molecule has 2 aromatic carbocycles. The van der Waals surface area contributed by atoms with Gasteiger partial charge in [-0.05, 0) is 50.7 Å². The zero-order valence-corrected chi connectivity index (χ0v) is 15.0. The van der Waals surface area contributed by atoms with Gasteiger partial charge in [0.2, 0.25) is 0 Å². The Morgan fingerprint density at radius 3 is 2.85 bits per heavy atom. The zero-order valence-electron chi connectivity index (χ0n) is 15.0. The quantitative estimate of drug-likeness (QED) is 0.709. The Balaban J connectivity index is 1.62. The zero-order chi connectivity index (χ0) is 17.9. The minimum Gasteiger partial charge on any atom is -0.492 e. The van der Waals surface area contributed by atoms with Gasteiger partial charge in [-0.25, -0.2) is 0 Å². The first-order chi connectivity index (χ1) is 12.7. The Morgan fingerprint density at radius 1 is 1.15 bits per heavy atom. The summed E-state index contributed by atoms with van der Waals surface area (Å²) in [6.45, 7) is 2.90. The van der Waals surface area contributed by atoms with E-state index in [2.05, 4.69) is 11.9 Å². The summed E-state index contributed by atoms with van der Waals surface area (Å²) in [6.07, 6.45) is 2.41. The number of hydrogen-bond acceptors (Lipinski definition) is 4. The van der Waals surface area contributed by atoms with Crippen molar-refractivity contribution in [1.82, 2.24) is 4.90 Å². The van der Waals surface area contributed by atoms with E-state index < -0.39 is 0 Å². The SMILES string of the molecule is CN1CCCC(COc2ccccc2-c2cc(=O)c3ccccc3o2)C1. The van der Waals surface area contributed by atoms with Crippen LogP contribution in [0, 0.1) is 5.92 Å². The number of ether oxygens (including phenoxy) is 1. The highest BCUT2D eigenvalue weighted by Crippen LogP contribution is 2.31. The van der Waals surface area contributed by atoms with Gasteiger partial charge in [0.1, 0.15) is 17.1 Å². The Hall–Kier alpha value is -2.59. The van der Waals surface area contributed by atoms with Gasteiger partial charge in [-0.1, -0.05) is 24.3 Å². The molecule has 0 amide bonds. The summed E-state index contributed by atoms with van der Waals surface area (Å²) in [5.41, 5.74) is 1.38. The lowest BCUT2D eigenvalue weighted by Gasteiger charge is -2.29. The molecule has 134 valence electrons. The third-order valence-electron chi connectivity index (χ3n) is 4.98. The van der Waals surface area contributed by atoms with Crippen LogP contribution in [0.15, 0.2) is 63.8 Å². The average molecular weight is 349 g/mol. The van der Waals surface area contributed by atoms with E-state index in [1.165, 1.54) is 12.8 Å². The van der Waals surface area contributed by atoms with Gasteiger partial charge in [0, 0.05) is 18.5 Å². The summed E-state index contributed by atoms with van der Waals surface area (Å²) in [5.74, 6) is 1.84. The highest BCUT2D eigenvalue weighted by Gasteiger charge is 2.19. The molecular weight excluding hydrogens is 326 g/mol. The number of likely N-dealkylation sites (tertiary alicyclic amines) is 1. The molecule has 1 aliphatic rings. The first-order valence-electron chi connectivity index (χ1n) is 9.14. The summed E-state index contributed by atoms with van der Waals surface area (Å²) in [6, 6.07) is 16.6. The highest BCUT2D eigenvalue weighted by molar-refractivity contribution is 5.79. The van der Waals surface area contributed by atoms with Gasteiger partial charge in [-0.15, -0.1) is 0 Å². The molecule has 4 nitrogen and oxygen atoms in total. The van der Waals surface area contributed by atoms with Crippen molar-refractivity contribution in [3.05, 3.63) is 64.8 Å². The first kappa shape index (κ1) is 16.9. The maximum Gasteiger partial charge on any atom is 0.193 e. The fourth-order valence-electron chi connectivity index (χ4n) is 3.65. The minimum atomic E-state index is -0.0365. The molecule has 0 aliphatic carbocycles. The molecule has 1 atom stereocenters. The van der Waals surface area contributed by atoms with Gasteiger partial charge in [-0.3, -0.25) is 4.79 Å². The predicted molar refractivity (Wildman–Crippen MR) is 104 cm³/mol. The van der Waals surface area contributed by atoms with E-state index >= 15 is 0 Å². The Labute approximate surface area is 153 Å². The fourth-order valence-corrected chi connectivity index (χ4v) is 3.65. The van der Waals surface area contributed by atoms with Crippen molar-refractivity contribution in [3.8, 4) is 17.1 Å². The maximum atomic E-state index is 12.4. The fraction of sp³-hybridized carbons (Fsp3) is 0.318. The van der Waals surface area contributed by atoms with Gasteiger partial charge >= 0.3 is 0 Å². The lowest BCUT2D eigenvalue weighted by molar-refractivity contribution is 0.150. The standard InChI is InChI=1S/C22H23NO3/c1-23-12-6-7-16(14-23)15-25-20-10-4-3-9-18(20)22-13-19(24)17-8-2-5-11-21(17)26-22/h2-5,8-11,13,16H,6-7,12,14-15H2,1H3. The molecule has 1 unspecified atom stereocenters. The van der Waals surface area contributed by atoms with Crippen LogP contribution in [-0.2, 0) is 0 Å². The van der Waals surface area contributed by atoms with Crippen LogP contribution in [0.4, 0.5) is 0 Å². The summed E-state index contributed by atoms with van der Waals surface area (Å²) < 4.78 is 12.1. The third kappa shape index (κ3) is 3.51. The molecule has 26 heavy (non-hydrogen) atoms.